The molecule has 124 valence electrons. The zero-order chi connectivity index (χ0) is 16.3. The second kappa shape index (κ2) is 9.94. The Morgan fingerprint density at radius 1 is 0.609 bits per heavy atom. The second-order valence-electron chi connectivity index (χ2n) is 6.13. The summed E-state index contributed by atoms with van der Waals surface area (Å²) in [5.74, 6) is 0. The predicted octanol–water partition coefficient (Wildman–Crippen LogP) is 5.70. The van der Waals surface area contributed by atoms with Crippen LogP contribution in [-0.2, 0) is 6.42 Å². The summed E-state index contributed by atoms with van der Waals surface area (Å²) < 4.78 is 0. The van der Waals surface area contributed by atoms with Crippen LogP contribution in [-0.4, -0.2) is 13.1 Å². The molecule has 23 heavy (non-hydrogen) atoms. The average Bonchev–Trinajstić information content (AvgIpc) is 2.58. The molecule has 2 aromatic rings. The third-order valence-corrected chi connectivity index (χ3v) is 4.04. The van der Waals surface area contributed by atoms with E-state index in [4.69, 9.17) is 0 Å². The first-order valence-electron chi connectivity index (χ1n) is 8.97. The van der Waals surface area contributed by atoms with E-state index in [0.29, 0.717) is 0 Å². The quantitative estimate of drug-likeness (QED) is 0.550. The second-order valence-corrected chi connectivity index (χ2v) is 6.13. The predicted molar refractivity (Wildman–Crippen MR) is 102 cm³/mol. The highest BCUT2D eigenvalue weighted by Crippen LogP contribution is 2.16. The molecule has 2 N–H and O–H groups in total. The fourth-order valence-electron chi connectivity index (χ4n) is 2.54. The maximum atomic E-state index is 3.46. The first-order valence-corrected chi connectivity index (χ1v) is 8.97. The van der Waals surface area contributed by atoms with E-state index in [0.717, 1.165) is 19.5 Å². The van der Waals surface area contributed by atoms with Crippen molar-refractivity contribution >= 4 is 11.4 Å². The standard InChI is InChI=1S/C21H30N2/c1-3-5-15-22-20-11-7-18(8-12-20)17-19-9-13-21(14-10-19)23-16-6-4-2/h7-14,22-23H,3-6,15-17H2,1-2H3. The van der Waals surface area contributed by atoms with Crippen molar-refractivity contribution in [3.8, 4) is 0 Å². The van der Waals surface area contributed by atoms with Crippen molar-refractivity contribution in [2.45, 2.75) is 46.0 Å². The number of nitrogens with one attached hydrogen (secondary N) is 2. The lowest BCUT2D eigenvalue weighted by Crippen LogP contribution is -2.01. The number of hydrogen-bond acceptors (Lipinski definition) is 2. The lowest BCUT2D eigenvalue weighted by Gasteiger charge is -2.09. The largest absolute Gasteiger partial charge is 0.385 e. The molecular formula is C21H30N2. The smallest absolute Gasteiger partial charge is 0.0340 e. The third-order valence-electron chi connectivity index (χ3n) is 4.04. The highest BCUT2D eigenvalue weighted by Gasteiger charge is 1.98. The lowest BCUT2D eigenvalue weighted by molar-refractivity contribution is 0.834. The third kappa shape index (κ3) is 6.35. The minimum Gasteiger partial charge on any atom is -0.385 e. The van der Waals surface area contributed by atoms with Crippen molar-refractivity contribution in [1.82, 2.24) is 0 Å². The Labute approximate surface area is 141 Å². The van der Waals surface area contributed by atoms with Crippen LogP contribution in [0.2, 0.25) is 0 Å². The van der Waals surface area contributed by atoms with Crippen molar-refractivity contribution in [2.75, 3.05) is 23.7 Å². The van der Waals surface area contributed by atoms with Crippen molar-refractivity contribution in [3.05, 3.63) is 59.7 Å². The van der Waals surface area contributed by atoms with Crippen LogP contribution < -0.4 is 10.6 Å². The molecule has 0 saturated heterocycles. The monoisotopic (exact) mass is 310 g/mol. The molecule has 0 aliphatic rings. The molecule has 2 heteroatoms. The summed E-state index contributed by atoms with van der Waals surface area (Å²) in [6.07, 6.45) is 5.90. The average molecular weight is 310 g/mol. The van der Waals surface area contributed by atoms with Crippen LogP contribution in [0.15, 0.2) is 48.5 Å². The normalized spacial score (nSPS) is 10.5. The molecule has 0 bridgehead atoms. The molecule has 0 radical (unpaired) electrons. The molecular weight excluding hydrogens is 280 g/mol. The first kappa shape index (κ1) is 17.4. The van der Waals surface area contributed by atoms with Gasteiger partial charge in [-0.15, -0.1) is 0 Å². The van der Waals surface area contributed by atoms with Crippen LogP contribution in [0.1, 0.15) is 50.7 Å². The highest BCUT2D eigenvalue weighted by atomic mass is 14.9. The SMILES string of the molecule is CCCCNc1ccc(Cc2ccc(NCCCC)cc2)cc1. The highest BCUT2D eigenvalue weighted by molar-refractivity contribution is 5.47. The Bertz CT molecular complexity index is 492. The molecule has 0 atom stereocenters. The van der Waals surface area contributed by atoms with E-state index in [9.17, 15) is 0 Å². The topological polar surface area (TPSA) is 24.1 Å². The Balaban J connectivity index is 1.84. The molecule has 0 spiro atoms. The minimum absolute atomic E-state index is 0.991. The van der Waals surface area contributed by atoms with Gasteiger partial charge in [-0.05, 0) is 54.7 Å². The zero-order valence-electron chi connectivity index (χ0n) is 14.6. The fourth-order valence-corrected chi connectivity index (χ4v) is 2.54. The van der Waals surface area contributed by atoms with E-state index >= 15 is 0 Å². The summed E-state index contributed by atoms with van der Waals surface area (Å²) in [6.45, 7) is 6.55. The maximum absolute atomic E-state index is 3.46. The first-order chi connectivity index (χ1) is 11.3. The number of anilines is 2. The minimum atomic E-state index is 0.991. The number of hydrogen-bond donors (Lipinski definition) is 2. The lowest BCUT2D eigenvalue weighted by atomic mass is 10.0. The fraction of sp³-hybridized carbons (Fsp3) is 0.429. The molecule has 0 amide bonds. The molecule has 2 rings (SSSR count). The van der Waals surface area contributed by atoms with E-state index in [1.807, 2.05) is 0 Å². The summed E-state index contributed by atoms with van der Waals surface area (Å²) in [4.78, 5) is 0. The molecule has 0 aliphatic carbocycles. The van der Waals surface area contributed by atoms with Gasteiger partial charge in [-0.1, -0.05) is 51.0 Å². The Morgan fingerprint density at radius 2 is 1.00 bits per heavy atom. The van der Waals surface area contributed by atoms with Crippen molar-refractivity contribution in [1.29, 1.82) is 0 Å². The van der Waals surface area contributed by atoms with Crippen LogP contribution in [0.4, 0.5) is 11.4 Å². The van der Waals surface area contributed by atoms with Crippen LogP contribution >= 0.6 is 0 Å². The molecule has 0 heterocycles. The van der Waals surface area contributed by atoms with E-state index in [1.165, 1.54) is 48.2 Å². The van der Waals surface area contributed by atoms with Gasteiger partial charge in [0.2, 0.25) is 0 Å². The summed E-state index contributed by atoms with van der Waals surface area (Å²) in [6, 6.07) is 17.6. The molecule has 0 fully saturated rings. The van der Waals surface area contributed by atoms with E-state index < -0.39 is 0 Å². The number of unbranched alkanes of at least 4 members (excludes halogenated alkanes) is 2. The van der Waals surface area contributed by atoms with Gasteiger partial charge >= 0.3 is 0 Å². The van der Waals surface area contributed by atoms with E-state index in [2.05, 4.69) is 73.0 Å². The van der Waals surface area contributed by atoms with Gasteiger partial charge in [0.15, 0.2) is 0 Å². The van der Waals surface area contributed by atoms with Crippen LogP contribution in [0.5, 0.6) is 0 Å². The van der Waals surface area contributed by atoms with Gasteiger partial charge in [0.05, 0.1) is 0 Å². The summed E-state index contributed by atoms with van der Waals surface area (Å²) >= 11 is 0. The zero-order valence-corrected chi connectivity index (χ0v) is 14.6. The summed E-state index contributed by atoms with van der Waals surface area (Å²) in [7, 11) is 0. The molecule has 0 unspecified atom stereocenters. The number of rotatable bonds is 10. The molecule has 0 aromatic heterocycles. The Morgan fingerprint density at radius 3 is 1.35 bits per heavy atom. The van der Waals surface area contributed by atoms with Crippen LogP contribution in [0.3, 0.4) is 0 Å². The van der Waals surface area contributed by atoms with Crippen molar-refractivity contribution in [2.24, 2.45) is 0 Å². The molecule has 0 saturated carbocycles. The maximum Gasteiger partial charge on any atom is 0.0340 e. The summed E-state index contributed by atoms with van der Waals surface area (Å²) in [5, 5.41) is 6.92. The van der Waals surface area contributed by atoms with Gasteiger partial charge < -0.3 is 10.6 Å². The van der Waals surface area contributed by atoms with E-state index in [-0.39, 0.29) is 0 Å². The van der Waals surface area contributed by atoms with Crippen LogP contribution in [0, 0.1) is 0 Å². The summed E-state index contributed by atoms with van der Waals surface area (Å²) in [5.41, 5.74) is 5.16. The van der Waals surface area contributed by atoms with E-state index in [1.54, 1.807) is 0 Å². The van der Waals surface area contributed by atoms with Gasteiger partial charge in [-0.3, -0.25) is 0 Å². The van der Waals surface area contributed by atoms with Crippen molar-refractivity contribution < 1.29 is 0 Å². The Hall–Kier alpha value is -1.96. The molecule has 0 aliphatic heterocycles. The van der Waals surface area contributed by atoms with Gasteiger partial charge in [-0.2, -0.15) is 0 Å². The number of benzene rings is 2. The molecule has 2 aromatic carbocycles. The van der Waals surface area contributed by atoms with Gasteiger partial charge in [-0.25, -0.2) is 0 Å². The van der Waals surface area contributed by atoms with Gasteiger partial charge in [0.25, 0.3) is 0 Å². The Kier molecular flexibility index (Phi) is 7.51. The van der Waals surface area contributed by atoms with Gasteiger partial charge in [0.1, 0.15) is 0 Å². The molecule has 2 nitrogen and oxygen atoms in total. The van der Waals surface area contributed by atoms with Gasteiger partial charge in [0, 0.05) is 24.5 Å². The van der Waals surface area contributed by atoms with Crippen molar-refractivity contribution in [3.63, 3.8) is 0 Å². The van der Waals surface area contributed by atoms with Crippen LogP contribution in [0.25, 0.3) is 0 Å².